The second-order valence-corrected chi connectivity index (χ2v) is 3.91. The minimum atomic E-state index is 0.287. The van der Waals surface area contributed by atoms with Crippen LogP contribution >= 0.6 is 23.2 Å². The Morgan fingerprint density at radius 1 is 1.23 bits per heavy atom. The smallest absolute Gasteiger partial charge is 0.0749 e. The largest absolute Gasteiger partial charge is 0.289 e. The summed E-state index contributed by atoms with van der Waals surface area (Å²) >= 11 is 11.7. The van der Waals surface area contributed by atoms with Gasteiger partial charge in [-0.05, 0) is 36.8 Å². The molecule has 0 amide bonds. The maximum absolute atomic E-state index is 5.91. The third kappa shape index (κ3) is 1.87. The van der Waals surface area contributed by atoms with Crippen molar-refractivity contribution in [2.75, 3.05) is 0 Å². The van der Waals surface area contributed by atoms with E-state index in [0.29, 0.717) is 10.0 Å². The van der Waals surface area contributed by atoms with Crippen molar-refractivity contribution in [1.29, 1.82) is 0 Å². The molecule has 1 nitrogen and oxygen atoms in total. The van der Waals surface area contributed by atoms with Gasteiger partial charge < -0.3 is 0 Å². The van der Waals surface area contributed by atoms with Crippen molar-refractivity contribution in [3.8, 4) is 0 Å². The first-order valence-corrected chi connectivity index (χ1v) is 4.99. The summed E-state index contributed by atoms with van der Waals surface area (Å²) in [5.41, 5.74) is 1.16. The van der Waals surface area contributed by atoms with Crippen molar-refractivity contribution < 1.29 is 0 Å². The molecule has 1 aromatic carbocycles. The van der Waals surface area contributed by atoms with E-state index >= 15 is 0 Å². The highest BCUT2D eigenvalue weighted by atomic mass is 35.5. The van der Waals surface area contributed by atoms with E-state index in [4.69, 9.17) is 23.2 Å². The Bertz CT molecular complexity index is 347. The second-order valence-electron chi connectivity index (χ2n) is 3.10. The maximum Gasteiger partial charge on any atom is 0.0749 e. The zero-order chi connectivity index (χ0) is 9.26. The van der Waals surface area contributed by atoms with Crippen LogP contribution in [0.25, 0.3) is 0 Å². The number of rotatable bonds is 1. The van der Waals surface area contributed by atoms with Gasteiger partial charge in [0, 0.05) is 0 Å². The molecule has 0 spiro atoms. The third-order valence-corrected chi connectivity index (χ3v) is 2.92. The maximum atomic E-state index is 5.91. The van der Waals surface area contributed by atoms with E-state index in [1.807, 2.05) is 24.4 Å². The summed E-state index contributed by atoms with van der Waals surface area (Å²) in [6.07, 6.45) is 4.11. The molecule has 2 rings (SSSR count). The van der Waals surface area contributed by atoms with Crippen LogP contribution in [0.5, 0.6) is 0 Å². The Morgan fingerprint density at radius 2 is 2.08 bits per heavy atom. The summed E-state index contributed by atoms with van der Waals surface area (Å²) in [5.74, 6) is 0. The van der Waals surface area contributed by atoms with Crippen LogP contribution in [0.15, 0.2) is 23.2 Å². The van der Waals surface area contributed by atoms with Gasteiger partial charge in [-0.25, -0.2) is 0 Å². The summed E-state index contributed by atoms with van der Waals surface area (Å²) in [7, 11) is 0. The molecule has 0 unspecified atom stereocenters. The molecule has 0 fully saturated rings. The number of nitrogens with zero attached hydrogens (tertiary/aromatic N) is 1. The van der Waals surface area contributed by atoms with Crippen LogP contribution in [-0.4, -0.2) is 6.21 Å². The van der Waals surface area contributed by atoms with Gasteiger partial charge in [0.25, 0.3) is 0 Å². The molecular weight excluding hydrogens is 205 g/mol. The molecule has 13 heavy (non-hydrogen) atoms. The van der Waals surface area contributed by atoms with E-state index in [-0.39, 0.29) is 6.04 Å². The monoisotopic (exact) mass is 213 g/mol. The highest BCUT2D eigenvalue weighted by molar-refractivity contribution is 6.42. The van der Waals surface area contributed by atoms with Crippen LogP contribution in [-0.2, 0) is 0 Å². The lowest BCUT2D eigenvalue weighted by Gasteiger charge is -2.07. The highest BCUT2D eigenvalue weighted by Gasteiger charge is 2.13. The summed E-state index contributed by atoms with van der Waals surface area (Å²) in [4.78, 5) is 4.35. The molecular formula is C10H9Cl2N. The Labute approximate surface area is 87.4 Å². The van der Waals surface area contributed by atoms with Crippen LogP contribution in [0.2, 0.25) is 10.0 Å². The number of halogens is 2. The van der Waals surface area contributed by atoms with Gasteiger partial charge in [-0.3, -0.25) is 4.99 Å². The molecule has 3 heteroatoms. The third-order valence-electron chi connectivity index (χ3n) is 2.18. The fourth-order valence-corrected chi connectivity index (χ4v) is 1.79. The van der Waals surface area contributed by atoms with E-state index in [1.54, 1.807) is 0 Å². The van der Waals surface area contributed by atoms with Crippen molar-refractivity contribution in [2.24, 2.45) is 4.99 Å². The molecule has 1 aromatic rings. The molecule has 0 saturated carbocycles. The zero-order valence-electron chi connectivity index (χ0n) is 7.00. The van der Waals surface area contributed by atoms with Crippen molar-refractivity contribution in [1.82, 2.24) is 0 Å². The predicted octanol–water partition coefficient (Wildman–Crippen LogP) is 3.90. The minimum Gasteiger partial charge on any atom is -0.289 e. The van der Waals surface area contributed by atoms with E-state index in [1.165, 1.54) is 0 Å². The first-order valence-electron chi connectivity index (χ1n) is 4.24. The van der Waals surface area contributed by atoms with Gasteiger partial charge in [0.2, 0.25) is 0 Å². The molecule has 0 radical (unpaired) electrons. The number of hydrogen-bond donors (Lipinski definition) is 0. The average molecular weight is 214 g/mol. The highest BCUT2D eigenvalue weighted by Crippen LogP contribution is 2.31. The molecule has 1 aliphatic heterocycles. The topological polar surface area (TPSA) is 12.4 Å². The van der Waals surface area contributed by atoms with Crippen LogP contribution in [0.4, 0.5) is 0 Å². The Morgan fingerprint density at radius 3 is 2.69 bits per heavy atom. The number of aliphatic imine (C=N–C) groups is 1. The van der Waals surface area contributed by atoms with Crippen molar-refractivity contribution >= 4 is 29.4 Å². The van der Waals surface area contributed by atoms with Gasteiger partial charge in [-0.2, -0.15) is 0 Å². The second kappa shape index (κ2) is 3.69. The predicted molar refractivity (Wildman–Crippen MR) is 56.9 cm³/mol. The van der Waals surface area contributed by atoms with Gasteiger partial charge in [0.15, 0.2) is 0 Å². The van der Waals surface area contributed by atoms with Gasteiger partial charge in [-0.1, -0.05) is 29.3 Å². The average Bonchev–Trinajstić information content (AvgIpc) is 2.62. The molecule has 1 heterocycles. The van der Waals surface area contributed by atoms with E-state index in [2.05, 4.69) is 4.99 Å². The minimum absolute atomic E-state index is 0.287. The van der Waals surface area contributed by atoms with Crippen LogP contribution in [0.3, 0.4) is 0 Å². The standard InChI is InChI=1S/C10H9Cl2N/c11-8-4-3-7(6-9(8)12)10-2-1-5-13-10/h3-6,10H,1-2H2/t10-/m1/s1. The van der Waals surface area contributed by atoms with Crippen LogP contribution in [0.1, 0.15) is 24.4 Å². The summed E-state index contributed by atoms with van der Waals surface area (Å²) in [5, 5.41) is 1.22. The number of hydrogen-bond acceptors (Lipinski definition) is 1. The Balaban J connectivity index is 2.30. The fraction of sp³-hybridized carbons (Fsp3) is 0.300. The SMILES string of the molecule is Clc1ccc([C@H]2CCC=N2)cc1Cl. The fourth-order valence-electron chi connectivity index (χ4n) is 1.48. The Hall–Kier alpha value is -0.530. The van der Waals surface area contributed by atoms with Gasteiger partial charge in [-0.15, -0.1) is 0 Å². The van der Waals surface area contributed by atoms with Crippen molar-refractivity contribution in [2.45, 2.75) is 18.9 Å². The molecule has 0 bridgehead atoms. The van der Waals surface area contributed by atoms with Gasteiger partial charge >= 0.3 is 0 Å². The zero-order valence-corrected chi connectivity index (χ0v) is 8.52. The molecule has 1 atom stereocenters. The molecule has 1 aliphatic rings. The van der Waals surface area contributed by atoms with E-state index in [9.17, 15) is 0 Å². The summed E-state index contributed by atoms with van der Waals surface area (Å²) in [6.45, 7) is 0. The molecule has 0 N–H and O–H groups in total. The number of benzene rings is 1. The first-order chi connectivity index (χ1) is 6.27. The lowest BCUT2D eigenvalue weighted by atomic mass is 10.1. The summed E-state index contributed by atoms with van der Waals surface area (Å²) < 4.78 is 0. The van der Waals surface area contributed by atoms with E-state index in [0.717, 1.165) is 18.4 Å². The molecule has 0 aliphatic carbocycles. The first kappa shape index (κ1) is 9.04. The van der Waals surface area contributed by atoms with Crippen molar-refractivity contribution in [3.05, 3.63) is 33.8 Å². The summed E-state index contributed by atoms with van der Waals surface area (Å²) in [6, 6.07) is 6.00. The lowest BCUT2D eigenvalue weighted by molar-refractivity contribution is 0.723. The normalized spacial score (nSPS) is 20.9. The molecule has 0 saturated heterocycles. The van der Waals surface area contributed by atoms with E-state index < -0.39 is 0 Å². The molecule has 68 valence electrons. The van der Waals surface area contributed by atoms with Gasteiger partial charge in [0.05, 0.1) is 16.1 Å². The Kier molecular flexibility index (Phi) is 2.56. The van der Waals surface area contributed by atoms with Crippen molar-refractivity contribution in [3.63, 3.8) is 0 Å². The quantitative estimate of drug-likeness (QED) is 0.672. The van der Waals surface area contributed by atoms with Crippen LogP contribution < -0.4 is 0 Å². The van der Waals surface area contributed by atoms with Gasteiger partial charge in [0.1, 0.15) is 0 Å². The molecule has 0 aromatic heterocycles. The lowest BCUT2D eigenvalue weighted by Crippen LogP contribution is -1.90. The van der Waals surface area contributed by atoms with Crippen LogP contribution in [0, 0.1) is 0 Å².